The Morgan fingerprint density at radius 2 is 2.15 bits per heavy atom. The van der Waals surface area contributed by atoms with Gasteiger partial charge in [-0.15, -0.1) is 6.58 Å². The maximum Gasteiger partial charge on any atom is 0.275 e. The molecule has 2 aromatic carbocycles. The van der Waals surface area contributed by atoms with Gasteiger partial charge in [-0.25, -0.2) is 5.43 Å². The molecule has 0 atom stereocenters. The zero-order valence-electron chi connectivity index (χ0n) is 14.7. The third kappa shape index (κ3) is 5.20. The van der Waals surface area contributed by atoms with Crippen LogP contribution in [0.1, 0.15) is 35.3 Å². The van der Waals surface area contributed by atoms with Crippen LogP contribution >= 0.6 is 15.9 Å². The predicted molar refractivity (Wildman–Crippen MR) is 107 cm³/mol. The largest absolute Gasteiger partial charge is 0.507 e. The number of ether oxygens (including phenoxy) is 1. The number of hydrogen-bond acceptors (Lipinski definition) is 4. The summed E-state index contributed by atoms with van der Waals surface area (Å²) in [7, 11) is 0. The van der Waals surface area contributed by atoms with E-state index in [4.69, 9.17) is 4.74 Å². The highest BCUT2D eigenvalue weighted by Crippen LogP contribution is 2.24. The zero-order valence-corrected chi connectivity index (χ0v) is 16.3. The number of amides is 1. The lowest BCUT2D eigenvalue weighted by Gasteiger charge is -2.13. The van der Waals surface area contributed by atoms with Crippen molar-refractivity contribution in [1.82, 2.24) is 5.43 Å². The van der Waals surface area contributed by atoms with Crippen molar-refractivity contribution in [3.63, 3.8) is 0 Å². The number of benzene rings is 2. The molecular formula is C20H21BrN2O3. The van der Waals surface area contributed by atoms with E-state index in [2.05, 4.69) is 33.0 Å². The number of hydrogen-bond donors (Lipinski definition) is 2. The minimum atomic E-state index is -0.403. The van der Waals surface area contributed by atoms with Gasteiger partial charge < -0.3 is 9.84 Å². The van der Waals surface area contributed by atoms with E-state index < -0.39 is 5.91 Å². The van der Waals surface area contributed by atoms with Crippen LogP contribution in [0.5, 0.6) is 11.5 Å². The fourth-order valence-corrected chi connectivity index (χ4v) is 2.65. The van der Waals surface area contributed by atoms with Crippen LogP contribution in [0.25, 0.3) is 0 Å². The van der Waals surface area contributed by atoms with Gasteiger partial charge in [0.15, 0.2) is 0 Å². The SMILES string of the molecule is C=CCc1cccc(C=NNC(=O)c2cc(Br)ccc2OC(C)C)c1O. The maximum absolute atomic E-state index is 12.4. The molecule has 2 aromatic rings. The molecule has 0 saturated heterocycles. The Kier molecular flexibility index (Phi) is 6.97. The van der Waals surface area contributed by atoms with Crippen LogP contribution < -0.4 is 10.2 Å². The van der Waals surface area contributed by atoms with E-state index in [-0.39, 0.29) is 11.9 Å². The normalized spacial score (nSPS) is 10.9. The van der Waals surface area contributed by atoms with Gasteiger partial charge in [-0.2, -0.15) is 5.10 Å². The molecule has 0 spiro atoms. The lowest BCUT2D eigenvalue weighted by Crippen LogP contribution is -2.20. The van der Waals surface area contributed by atoms with E-state index in [1.807, 2.05) is 26.0 Å². The lowest BCUT2D eigenvalue weighted by molar-refractivity contribution is 0.0949. The Bertz CT molecular complexity index is 832. The third-order valence-corrected chi connectivity index (χ3v) is 3.93. The molecule has 1 amide bonds. The van der Waals surface area contributed by atoms with Crippen LogP contribution in [0, 0.1) is 0 Å². The number of nitrogens with one attached hydrogen (secondary N) is 1. The van der Waals surface area contributed by atoms with Crippen molar-refractivity contribution >= 4 is 28.1 Å². The van der Waals surface area contributed by atoms with E-state index in [0.717, 1.165) is 10.0 Å². The molecule has 2 rings (SSSR count). The zero-order chi connectivity index (χ0) is 19.1. The first-order valence-electron chi connectivity index (χ1n) is 8.13. The van der Waals surface area contributed by atoms with Crippen LogP contribution in [0.4, 0.5) is 0 Å². The summed E-state index contributed by atoms with van der Waals surface area (Å²) in [6, 6.07) is 10.5. The van der Waals surface area contributed by atoms with Gasteiger partial charge >= 0.3 is 0 Å². The molecule has 2 N–H and O–H groups in total. The van der Waals surface area contributed by atoms with Gasteiger partial charge in [0, 0.05) is 10.0 Å². The minimum Gasteiger partial charge on any atom is -0.507 e. The summed E-state index contributed by atoms with van der Waals surface area (Å²) in [4.78, 5) is 12.4. The number of nitrogens with zero attached hydrogens (tertiary/aromatic N) is 1. The van der Waals surface area contributed by atoms with Gasteiger partial charge in [0.1, 0.15) is 11.5 Å². The Morgan fingerprint density at radius 1 is 1.38 bits per heavy atom. The average molecular weight is 417 g/mol. The topological polar surface area (TPSA) is 70.9 Å². The molecule has 0 saturated carbocycles. The minimum absolute atomic E-state index is 0.0595. The van der Waals surface area contributed by atoms with E-state index in [1.54, 1.807) is 30.3 Å². The quantitative estimate of drug-likeness (QED) is 0.398. The highest BCUT2D eigenvalue weighted by molar-refractivity contribution is 9.10. The highest BCUT2D eigenvalue weighted by atomic mass is 79.9. The Labute approximate surface area is 161 Å². The van der Waals surface area contributed by atoms with Gasteiger partial charge in [0.05, 0.1) is 17.9 Å². The first-order valence-corrected chi connectivity index (χ1v) is 8.93. The summed E-state index contributed by atoms with van der Waals surface area (Å²) >= 11 is 3.35. The molecule has 136 valence electrons. The van der Waals surface area contributed by atoms with Crippen molar-refractivity contribution in [2.24, 2.45) is 5.10 Å². The van der Waals surface area contributed by atoms with Crippen molar-refractivity contribution in [2.45, 2.75) is 26.4 Å². The highest BCUT2D eigenvalue weighted by Gasteiger charge is 2.14. The number of para-hydroxylation sites is 1. The van der Waals surface area contributed by atoms with Crippen molar-refractivity contribution in [1.29, 1.82) is 0 Å². The number of hydrazone groups is 1. The van der Waals surface area contributed by atoms with Crippen molar-refractivity contribution in [3.05, 3.63) is 70.2 Å². The van der Waals surface area contributed by atoms with Crippen LogP contribution in [-0.4, -0.2) is 23.3 Å². The van der Waals surface area contributed by atoms with Gasteiger partial charge in [-0.1, -0.05) is 34.1 Å². The molecule has 0 unspecified atom stereocenters. The summed E-state index contributed by atoms with van der Waals surface area (Å²) in [6.45, 7) is 7.44. The van der Waals surface area contributed by atoms with Crippen molar-refractivity contribution in [3.8, 4) is 11.5 Å². The smallest absolute Gasteiger partial charge is 0.275 e. The summed E-state index contributed by atoms with van der Waals surface area (Å²) in [6.07, 6.45) is 3.60. The Morgan fingerprint density at radius 3 is 2.85 bits per heavy atom. The molecule has 0 aromatic heterocycles. The summed E-state index contributed by atoms with van der Waals surface area (Å²) in [5.41, 5.74) is 4.09. The number of carbonyl (C=O) groups excluding carboxylic acids is 1. The molecule has 26 heavy (non-hydrogen) atoms. The van der Waals surface area contributed by atoms with Crippen LogP contribution in [-0.2, 0) is 6.42 Å². The van der Waals surface area contributed by atoms with Gasteiger partial charge in [-0.05, 0) is 50.1 Å². The van der Waals surface area contributed by atoms with Gasteiger partial charge in [0.25, 0.3) is 5.91 Å². The lowest BCUT2D eigenvalue weighted by atomic mass is 10.1. The maximum atomic E-state index is 12.4. The summed E-state index contributed by atoms with van der Waals surface area (Å²) in [5.74, 6) is 0.198. The van der Waals surface area contributed by atoms with Crippen LogP contribution in [0.3, 0.4) is 0 Å². The molecule has 0 heterocycles. The van der Waals surface area contributed by atoms with Crippen molar-refractivity contribution in [2.75, 3.05) is 0 Å². The Hall–Kier alpha value is -2.60. The first-order chi connectivity index (χ1) is 12.4. The molecule has 0 radical (unpaired) electrons. The molecular weight excluding hydrogens is 396 g/mol. The molecule has 0 aliphatic heterocycles. The number of aromatic hydroxyl groups is 1. The monoisotopic (exact) mass is 416 g/mol. The third-order valence-electron chi connectivity index (χ3n) is 3.43. The van der Waals surface area contributed by atoms with E-state index in [0.29, 0.717) is 23.3 Å². The molecule has 0 aliphatic carbocycles. The summed E-state index contributed by atoms with van der Waals surface area (Å²) in [5, 5.41) is 14.2. The number of allylic oxidation sites excluding steroid dienone is 1. The standard InChI is InChI=1S/C20H21BrN2O3/c1-4-6-14-7-5-8-15(19(14)24)12-22-23-20(25)17-11-16(21)9-10-18(17)26-13(2)3/h4-5,7-13,24H,1,6H2,2-3H3,(H,23,25). The van der Waals surface area contributed by atoms with Gasteiger partial charge in [-0.3, -0.25) is 4.79 Å². The number of phenols is 1. The molecule has 0 fully saturated rings. The fourth-order valence-electron chi connectivity index (χ4n) is 2.29. The van der Waals surface area contributed by atoms with Gasteiger partial charge in [0.2, 0.25) is 0 Å². The number of halogens is 1. The molecule has 6 heteroatoms. The molecule has 0 aliphatic rings. The second kappa shape index (κ2) is 9.20. The number of rotatable bonds is 7. The van der Waals surface area contributed by atoms with E-state index in [9.17, 15) is 9.90 Å². The average Bonchev–Trinajstić information content (AvgIpc) is 2.59. The first kappa shape index (κ1) is 19.7. The number of carbonyl (C=O) groups is 1. The van der Waals surface area contributed by atoms with Crippen LogP contribution in [0.2, 0.25) is 0 Å². The second-order valence-electron chi connectivity index (χ2n) is 5.85. The van der Waals surface area contributed by atoms with Crippen LogP contribution in [0.15, 0.2) is 58.6 Å². The number of phenolic OH excluding ortho intramolecular Hbond substituents is 1. The molecule has 5 nitrogen and oxygen atoms in total. The van der Waals surface area contributed by atoms with E-state index in [1.165, 1.54) is 6.21 Å². The second-order valence-corrected chi connectivity index (χ2v) is 6.77. The fraction of sp³-hybridized carbons (Fsp3) is 0.200. The molecule has 0 bridgehead atoms. The Balaban J connectivity index is 2.16. The van der Waals surface area contributed by atoms with Crippen molar-refractivity contribution < 1.29 is 14.6 Å². The van der Waals surface area contributed by atoms with E-state index >= 15 is 0 Å². The summed E-state index contributed by atoms with van der Waals surface area (Å²) < 4.78 is 6.43. The predicted octanol–water partition coefficient (Wildman–Crippen LogP) is 4.43.